The van der Waals surface area contributed by atoms with E-state index in [0.29, 0.717) is 12.1 Å². The van der Waals surface area contributed by atoms with Crippen LogP contribution in [0.1, 0.15) is 32.8 Å². The fourth-order valence-electron chi connectivity index (χ4n) is 3.37. The molecule has 24 heavy (non-hydrogen) atoms. The SMILES string of the molecule is CC(C)(C)OC(=O)N1CCC(NC2CN(Cc3ccccc3)C2)C1. The highest BCUT2D eigenvalue weighted by atomic mass is 16.6. The van der Waals surface area contributed by atoms with E-state index in [1.165, 1.54) is 5.56 Å². The van der Waals surface area contributed by atoms with Crippen LogP contribution in [0, 0.1) is 0 Å². The van der Waals surface area contributed by atoms with Crippen molar-refractivity contribution in [3.63, 3.8) is 0 Å². The van der Waals surface area contributed by atoms with Crippen LogP contribution in [0.5, 0.6) is 0 Å². The lowest BCUT2D eigenvalue weighted by Crippen LogP contribution is -2.60. The number of hydrogen-bond acceptors (Lipinski definition) is 4. The zero-order chi connectivity index (χ0) is 17.2. The number of carbonyl (C=O) groups excluding carboxylic acids is 1. The third kappa shape index (κ3) is 4.71. The first kappa shape index (κ1) is 17.2. The second-order valence-electron chi connectivity index (χ2n) is 7.96. The van der Waals surface area contributed by atoms with Gasteiger partial charge in [0.1, 0.15) is 5.60 Å². The molecule has 0 radical (unpaired) electrons. The molecule has 1 unspecified atom stereocenters. The Morgan fingerprint density at radius 3 is 2.54 bits per heavy atom. The van der Waals surface area contributed by atoms with Crippen molar-refractivity contribution in [3.8, 4) is 0 Å². The van der Waals surface area contributed by atoms with Crippen molar-refractivity contribution in [2.75, 3.05) is 26.2 Å². The molecule has 2 saturated heterocycles. The summed E-state index contributed by atoms with van der Waals surface area (Å²) >= 11 is 0. The Morgan fingerprint density at radius 1 is 1.17 bits per heavy atom. The molecule has 1 N–H and O–H groups in total. The molecule has 0 saturated carbocycles. The summed E-state index contributed by atoms with van der Waals surface area (Å²) in [6.45, 7) is 10.5. The fourth-order valence-corrected chi connectivity index (χ4v) is 3.37. The van der Waals surface area contributed by atoms with Gasteiger partial charge in [0.15, 0.2) is 0 Å². The van der Waals surface area contributed by atoms with Crippen LogP contribution in [-0.2, 0) is 11.3 Å². The summed E-state index contributed by atoms with van der Waals surface area (Å²) < 4.78 is 5.45. The number of carbonyl (C=O) groups is 1. The summed E-state index contributed by atoms with van der Waals surface area (Å²) in [7, 11) is 0. The Kier molecular flexibility index (Phi) is 5.11. The molecule has 2 fully saturated rings. The molecule has 0 aliphatic carbocycles. The Hall–Kier alpha value is -1.59. The molecule has 2 heterocycles. The second-order valence-corrected chi connectivity index (χ2v) is 7.96. The fraction of sp³-hybridized carbons (Fsp3) is 0.632. The van der Waals surface area contributed by atoms with E-state index < -0.39 is 5.60 Å². The van der Waals surface area contributed by atoms with E-state index in [1.54, 1.807) is 0 Å². The first-order valence-electron chi connectivity index (χ1n) is 8.89. The average molecular weight is 331 g/mol. The third-order valence-electron chi connectivity index (χ3n) is 4.52. The van der Waals surface area contributed by atoms with E-state index in [0.717, 1.165) is 39.1 Å². The summed E-state index contributed by atoms with van der Waals surface area (Å²) in [6.07, 6.45) is 0.820. The van der Waals surface area contributed by atoms with Crippen LogP contribution in [0.15, 0.2) is 30.3 Å². The maximum Gasteiger partial charge on any atom is 0.410 e. The van der Waals surface area contributed by atoms with Crippen molar-refractivity contribution in [2.45, 2.75) is 51.4 Å². The molecule has 3 rings (SSSR count). The molecule has 0 aromatic heterocycles. The van der Waals surface area contributed by atoms with Crippen LogP contribution in [0.4, 0.5) is 4.79 Å². The van der Waals surface area contributed by atoms with E-state index in [-0.39, 0.29) is 6.09 Å². The van der Waals surface area contributed by atoms with Gasteiger partial charge in [0.2, 0.25) is 0 Å². The summed E-state index contributed by atoms with van der Waals surface area (Å²) in [5.74, 6) is 0. The largest absolute Gasteiger partial charge is 0.444 e. The number of ether oxygens (including phenoxy) is 1. The summed E-state index contributed by atoms with van der Waals surface area (Å²) in [5, 5.41) is 3.69. The van der Waals surface area contributed by atoms with Gasteiger partial charge in [0.25, 0.3) is 0 Å². The maximum absolute atomic E-state index is 12.1. The summed E-state index contributed by atoms with van der Waals surface area (Å²) in [6, 6.07) is 11.5. The number of benzene rings is 1. The molecule has 1 amide bonds. The lowest BCUT2D eigenvalue weighted by Gasteiger charge is -2.41. The zero-order valence-electron chi connectivity index (χ0n) is 15.0. The number of amides is 1. The van der Waals surface area contributed by atoms with Crippen LogP contribution < -0.4 is 5.32 Å². The van der Waals surface area contributed by atoms with Crippen LogP contribution in [0.25, 0.3) is 0 Å². The van der Waals surface area contributed by atoms with Crippen LogP contribution in [-0.4, -0.2) is 59.8 Å². The number of nitrogens with one attached hydrogen (secondary N) is 1. The van der Waals surface area contributed by atoms with Crippen molar-refractivity contribution in [1.29, 1.82) is 0 Å². The average Bonchev–Trinajstić information content (AvgIpc) is 2.93. The van der Waals surface area contributed by atoms with Crippen LogP contribution >= 0.6 is 0 Å². The van der Waals surface area contributed by atoms with Crippen LogP contribution in [0.2, 0.25) is 0 Å². The molecule has 1 aromatic rings. The van der Waals surface area contributed by atoms with Gasteiger partial charge in [0.05, 0.1) is 0 Å². The van der Waals surface area contributed by atoms with Gasteiger partial charge in [-0.2, -0.15) is 0 Å². The Bertz CT molecular complexity index is 549. The molecule has 5 heteroatoms. The zero-order valence-corrected chi connectivity index (χ0v) is 15.0. The minimum Gasteiger partial charge on any atom is -0.444 e. The smallest absolute Gasteiger partial charge is 0.410 e. The minimum atomic E-state index is -0.422. The number of nitrogens with zero attached hydrogens (tertiary/aromatic N) is 2. The molecule has 0 spiro atoms. The lowest BCUT2D eigenvalue weighted by molar-refractivity contribution is 0.0287. The number of rotatable bonds is 4. The van der Waals surface area contributed by atoms with E-state index in [2.05, 4.69) is 40.5 Å². The predicted octanol–water partition coefficient (Wildman–Crippen LogP) is 2.47. The highest BCUT2D eigenvalue weighted by Gasteiger charge is 2.33. The molecular formula is C19H29N3O2. The van der Waals surface area contributed by atoms with Gasteiger partial charge in [-0.05, 0) is 32.8 Å². The maximum atomic E-state index is 12.1. The summed E-state index contributed by atoms with van der Waals surface area (Å²) in [5.41, 5.74) is 0.946. The molecule has 132 valence electrons. The molecule has 2 aliphatic rings. The van der Waals surface area contributed by atoms with Gasteiger partial charge in [-0.3, -0.25) is 4.90 Å². The molecule has 1 aromatic carbocycles. The lowest BCUT2D eigenvalue weighted by atomic mass is 10.1. The first-order valence-corrected chi connectivity index (χ1v) is 8.89. The van der Waals surface area contributed by atoms with Crippen molar-refractivity contribution in [1.82, 2.24) is 15.1 Å². The standard InChI is InChI=1S/C19H29N3O2/c1-19(2,3)24-18(23)22-10-9-16(14-22)20-17-12-21(13-17)11-15-7-5-4-6-8-15/h4-8,16-17,20H,9-14H2,1-3H3. The normalized spacial score (nSPS) is 22.5. The van der Waals surface area contributed by atoms with Crippen molar-refractivity contribution >= 4 is 6.09 Å². The van der Waals surface area contributed by atoms with Crippen molar-refractivity contribution in [2.24, 2.45) is 0 Å². The van der Waals surface area contributed by atoms with Crippen LogP contribution in [0.3, 0.4) is 0 Å². The Labute approximate surface area is 145 Å². The van der Waals surface area contributed by atoms with Gasteiger partial charge in [-0.15, -0.1) is 0 Å². The molecule has 2 aliphatic heterocycles. The topological polar surface area (TPSA) is 44.8 Å². The molecule has 5 nitrogen and oxygen atoms in total. The van der Waals surface area contributed by atoms with Gasteiger partial charge >= 0.3 is 6.09 Å². The third-order valence-corrected chi connectivity index (χ3v) is 4.52. The minimum absolute atomic E-state index is 0.189. The number of likely N-dealkylation sites (tertiary alicyclic amines) is 2. The quantitative estimate of drug-likeness (QED) is 0.921. The highest BCUT2D eigenvalue weighted by Crippen LogP contribution is 2.18. The summed E-state index contributed by atoms with van der Waals surface area (Å²) in [4.78, 5) is 16.4. The molecule has 0 bridgehead atoms. The van der Waals surface area contributed by atoms with Gasteiger partial charge in [-0.1, -0.05) is 30.3 Å². The highest BCUT2D eigenvalue weighted by molar-refractivity contribution is 5.68. The second kappa shape index (κ2) is 7.11. The Balaban J connectivity index is 1.36. The van der Waals surface area contributed by atoms with Crippen molar-refractivity contribution < 1.29 is 9.53 Å². The Morgan fingerprint density at radius 2 is 1.88 bits per heavy atom. The van der Waals surface area contributed by atoms with Gasteiger partial charge in [0, 0.05) is 44.8 Å². The molecular weight excluding hydrogens is 302 g/mol. The van der Waals surface area contributed by atoms with Crippen molar-refractivity contribution in [3.05, 3.63) is 35.9 Å². The predicted molar refractivity (Wildman–Crippen MR) is 94.9 cm³/mol. The first-order chi connectivity index (χ1) is 11.4. The van der Waals surface area contributed by atoms with Gasteiger partial charge in [-0.25, -0.2) is 4.79 Å². The number of hydrogen-bond donors (Lipinski definition) is 1. The van der Waals surface area contributed by atoms with E-state index in [9.17, 15) is 4.79 Å². The van der Waals surface area contributed by atoms with E-state index >= 15 is 0 Å². The van der Waals surface area contributed by atoms with Gasteiger partial charge < -0.3 is 15.0 Å². The van der Waals surface area contributed by atoms with E-state index in [1.807, 2.05) is 25.7 Å². The molecule has 1 atom stereocenters. The van der Waals surface area contributed by atoms with E-state index in [4.69, 9.17) is 4.74 Å². The monoisotopic (exact) mass is 331 g/mol.